The molecule has 0 saturated carbocycles. The minimum absolute atomic E-state index is 0.186. The third-order valence-electron chi connectivity index (χ3n) is 4.67. The molecule has 21 heavy (non-hydrogen) atoms. The second-order valence-electron chi connectivity index (χ2n) is 6.35. The molecule has 4 heteroatoms. The van der Waals surface area contributed by atoms with Crippen molar-refractivity contribution < 1.29 is 9.84 Å². The van der Waals surface area contributed by atoms with Crippen LogP contribution in [0.15, 0.2) is 24.3 Å². The summed E-state index contributed by atoms with van der Waals surface area (Å²) in [6.07, 6.45) is 2.97. The maximum Gasteiger partial charge on any atom is 0.118 e. The van der Waals surface area contributed by atoms with E-state index in [0.29, 0.717) is 11.8 Å². The second-order valence-corrected chi connectivity index (χ2v) is 6.35. The summed E-state index contributed by atoms with van der Waals surface area (Å²) in [5, 5.41) is 13.5. The average molecular weight is 292 g/mol. The van der Waals surface area contributed by atoms with Gasteiger partial charge in [0.15, 0.2) is 0 Å². The van der Waals surface area contributed by atoms with Crippen molar-refractivity contribution in [1.29, 1.82) is 0 Å². The molecule has 1 fully saturated rings. The summed E-state index contributed by atoms with van der Waals surface area (Å²) in [7, 11) is 4.31. The number of nitrogens with one attached hydrogen (secondary N) is 1. The van der Waals surface area contributed by atoms with Gasteiger partial charge in [-0.05, 0) is 51.9 Å². The van der Waals surface area contributed by atoms with Crippen molar-refractivity contribution in [3.05, 3.63) is 29.8 Å². The van der Waals surface area contributed by atoms with E-state index in [1.54, 1.807) is 6.07 Å². The SMILES string of the molecule is CC(Cc1ccccc1O)NCC1(N(C)C)CCOCC1. The molecule has 1 aromatic rings. The van der Waals surface area contributed by atoms with Gasteiger partial charge < -0.3 is 20.1 Å². The molecule has 118 valence electrons. The number of aromatic hydroxyl groups is 1. The van der Waals surface area contributed by atoms with Crippen molar-refractivity contribution in [1.82, 2.24) is 10.2 Å². The number of para-hydroxylation sites is 1. The highest BCUT2D eigenvalue weighted by molar-refractivity contribution is 5.32. The van der Waals surface area contributed by atoms with Crippen LogP contribution in [0.4, 0.5) is 0 Å². The van der Waals surface area contributed by atoms with E-state index in [-0.39, 0.29) is 5.54 Å². The normalized spacial score (nSPS) is 19.6. The van der Waals surface area contributed by atoms with Crippen LogP contribution in [0, 0.1) is 0 Å². The molecule has 2 N–H and O–H groups in total. The monoisotopic (exact) mass is 292 g/mol. The fraction of sp³-hybridized carbons (Fsp3) is 0.647. The quantitative estimate of drug-likeness (QED) is 0.842. The second kappa shape index (κ2) is 7.25. The molecule has 1 aliphatic heterocycles. The number of phenols is 1. The van der Waals surface area contributed by atoms with Crippen LogP contribution in [0.3, 0.4) is 0 Å². The summed E-state index contributed by atoms with van der Waals surface area (Å²) < 4.78 is 5.51. The Bertz CT molecular complexity index is 442. The Morgan fingerprint density at radius 1 is 1.29 bits per heavy atom. The van der Waals surface area contributed by atoms with Crippen LogP contribution < -0.4 is 5.32 Å². The molecule has 2 rings (SSSR count). The predicted molar refractivity (Wildman–Crippen MR) is 85.7 cm³/mol. The number of benzene rings is 1. The first-order valence-electron chi connectivity index (χ1n) is 7.79. The molecule has 0 radical (unpaired) electrons. The van der Waals surface area contributed by atoms with E-state index < -0.39 is 0 Å². The smallest absolute Gasteiger partial charge is 0.118 e. The minimum atomic E-state index is 0.186. The molecule has 0 aliphatic carbocycles. The van der Waals surface area contributed by atoms with Crippen LogP contribution in [-0.4, -0.2) is 55.4 Å². The van der Waals surface area contributed by atoms with Crippen molar-refractivity contribution >= 4 is 0 Å². The van der Waals surface area contributed by atoms with Gasteiger partial charge in [0.05, 0.1) is 0 Å². The van der Waals surface area contributed by atoms with E-state index >= 15 is 0 Å². The molecule has 1 atom stereocenters. The van der Waals surface area contributed by atoms with Gasteiger partial charge in [-0.3, -0.25) is 0 Å². The zero-order valence-electron chi connectivity index (χ0n) is 13.4. The average Bonchev–Trinajstić information content (AvgIpc) is 2.48. The summed E-state index contributed by atoms with van der Waals surface area (Å²) in [6.45, 7) is 4.81. The van der Waals surface area contributed by atoms with Gasteiger partial charge in [0.1, 0.15) is 5.75 Å². The van der Waals surface area contributed by atoms with Crippen molar-refractivity contribution in [3.8, 4) is 5.75 Å². The lowest BCUT2D eigenvalue weighted by atomic mass is 9.88. The molecule has 4 nitrogen and oxygen atoms in total. The van der Waals surface area contributed by atoms with E-state index in [2.05, 4.69) is 31.2 Å². The first kappa shape index (κ1) is 16.3. The van der Waals surface area contributed by atoms with Gasteiger partial charge in [-0.25, -0.2) is 0 Å². The maximum absolute atomic E-state index is 9.86. The molecule has 0 amide bonds. The summed E-state index contributed by atoms with van der Waals surface area (Å²) in [4.78, 5) is 2.33. The van der Waals surface area contributed by atoms with Gasteiger partial charge >= 0.3 is 0 Å². The van der Waals surface area contributed by atoms with Crippen LogP contribution in [-0.2, 0) is 11.2 Å². The molecular formula is C17H28N2O2. The largest absolute Gasteiger partial charge is 0.508 e. The van der Waals surface area contributed by atoms with Crippen LogP contribution >= 0.6 is 0 Å². The highest BCUT2D eigenvalue weighted by atomic mass is 16.5. The fourth-order valence-corrected chi connectivity index (χ4v) is 2.98. The summed E-state index contributed by atoms with van der Waals surface area (Å²) in [5.41, 5.74) is 1.19. The number of nitrogens with zero attached hydrogens (tertiary/aromatic N) is 1. The lowest BCUT2D eigenvalue weighted by molar-refractivity contribution is -0.00803. The van der Waals surface area contributed by atoms with Gasteiger partial charge in [0.2, 0.25) is 0 Å². The van der Waals surface area contributed by atoms with Gasteiger partial charge in [0.25, 0.3) is 0 Å². The van der Waals surface area contributed by atoms with Crippen LogP contribution in [0.2, 0.25) is 0 Å². The third kappa shape index (κ3) is 4.19. The molecule has 1 saturated heterocycles. The lowest BCUT2D eigenvalue weighted by Gasteiger charge is -2.43. The number of likely N-dealkylation sites (N-methyl/N-ethyl adjacent to an activating group) is 1. The number of phenolic OH excluding ortho intramolecular Hbond substituents is 1. The molecular weight excluding hydrogens is 264 g/mol. The Labute approximate surface area is 128 Å². The van der Waals surface area contributed by atoms with E-state index in [1.807, 2.05) is 18.2 Å². The Hall–Kier alpha value is -1.10. The highest BCUT2D eigenvalue weighted by Gasteiger charge is 2.34. The number of hydrogen-bond donors (Lipinski definition) is 2. The zero-order chi connectivity index (χ0) is 15.3. The first-order chi connectivity index (χ1) is 10.0. The van der Waals surface area contributed by atoms with Crippen molar-refractivity contribution in [3.63, 3.8) is 0 Å². The molecule has 0 aromatic heterocycles. The zero-order valence-corrected chi connectivity index (χ0v) is 13.4. The van der Waals surface area contributed by atoms with Crippen molar-refractivity contribution in [2.45, 2.75) is 37.8 Å². The van der Waals surface area contributed by atoms with Gasteiger partial charge in [-0.2, -0.15) is 0 Å². The Morgan fingerprint density at radius 2 is 1.95 bits per heavy atom. The van der Waals surface area contributed by atoms with Crippen LogP contribution in [0.25, 0.3) is 0 Å². The fourth-order valence-electron chi connectivity index (χ4n) is 2.98. The number of hydrogen-bond acceptors (Lipinski definition) is 4. The van der Waals surface area contributed by atoms with Gasteiger partial charge in [-0.15, -0.1) is 0 Å². The molecule has 1 heterocycles. The van der Waals surface area contributed by atoms with E-state index in [9.17, 15) is 5.11 Å². The maximum atomic E-state index is 9.86. The number of ether oxygens (including phenoxy) is 1. The molecule has 0 bridgehead atoms. The van der Waals surface area contributed by atoms with Crippen LogP contribution in [0.1, 0.15) is 25.3 Å². The molecule has 1 aromatic carbocycles. The third-order valence-corrected chi connectivity index (χ3v) is 4.67. The Balaban J connectivity index is 1.90. The molecule has 0 spiro atoms. The topological polar surface area (TPSA) is 44.7 Å². The standard InChI is InChI=1S/C17H28N2O2/c1-14(12-15-6-4-5-7-16(15)20)18-13-17(19(2)3)8-10-21-11-9-17/h4-7,14,18,20H,8-13H2,1-3H3. The molecule has 1 aliphatic rings. The Morgan fingerprint density at radius 3 is 2.57 bits per heavy atom. The predicted octanol–water partition coefficient (Wildman–Crippen LogP) is 2.02. The van der Waals surface area contributed by atoms with Crippen molar-refractivity contribution in [2.75, 3.05) is 33.9 Å². The van der Waals surface area contributed by atoms with E-state index in [1.165, 1.54) is 0 Å². The Kier molecular flexibility index (Phi) is 5.62. The lowest BCUT2D eigenvalue weighted by Crippen LogP contribution is -2.56. The van der Waals surface area contributed by atoms with Crippen LogP contribution in [0.5, 0.6) is 5.75 Å². The minimum Gasteiger partial charge on any atom is -0.508 e. The summed E-state index contributed by atoms with van der Waals surface area (Å²) in [5.74, 6) is 0.388. The number of rotatable bonds is 6. The summed E-state index contributed by atoms with van der Waals surface area (Å²) >= 11 is 0. The van der Waals surface area contributed by atoms with Gasteiger partial charge in [0, 0.05) is 31.3 Å². The van der Waals surface area contributed by atoms with Gasteiger partial charge in [-0.1, -0.05) is 18.2 Å². The van der Waals surface area contributed by atoms with Crippen molar-refractivity contribution in [2.24, 2.45) is 0 Å². The molecule has 1 unspecified atom stereocenters. The first-order valence-corrected chi connectivity index (χ1v) is 7.79. The van der Waals surface area contributed by atoms with E-state index in [4.69, 9.17) is 4.74 Å². The summed E-state index contributed by atoms with van der Waals surface area (Å²) in [6, 6.07) is 7.91. The van der Waals surface area contributed by atoms with E-state index in [0.717, 1.165) is 44.6 Å². The highest BCUT2D eigenvalue weighted by Crippen LogP contribution is 2.25.